The molecule has 2 amide bonds. The number of benzene rings is 3. The lowest BCUT2D eigenvalue weighted by Gasteiger charge is -2.31. The lowest BCUT2D eigenvalue weighted by atomic mass is 10.0. The molecule has 1 fully saturated rings. The molecule has 1 saturated heterocycles. The third-order valence-corrected chi connectivity index (χ3v) is 7.22. The van der Waals surface area contributed by atoms with Crippen LogP contribution in [-0.2, 0) is 22.5 Å². The average Bonchev–Trinajstić information content (AvgIpc) is 3.51. The van der Waals surface area contributed by atoms with Crippen LogP contribution in [0.25, 0.3) is 10.8 Å². The predicted molar refractivity (Wildman–Crippen MR) is 151 cm³/mol. The van der Waals surface area contributed by atoms with Gasteiger partial charge in [0, 0.05) is 38.3 Å². The summed E-state index contributed by atoms with van der Waals surface area (Å²) in [5, 5.41) is 1.90. The Morgan fingerprint density at radius 2 is 1.56 bits per heavy atom. The molecule has 0 spiro atoms. The van der Waals surface area contributed by atoms with Crippen LogP contribution in [0.2, 0.25) is 0 Å². The number of carbonyl (C=O) groups excluding carboxylic acids is 2. The van der Waals surface area contributed by atoms with Crippen molar-refractivity contribution in [1.82, 2.24) is 14.7 Å². The smallest absolute Gasteiger partial charge is 0.254 e. The van der Waals surface area contributed by atoms with Crippen molar-refractivity contribution in [3.8, 4) is 0 Å². The Kier molecular flexibility index (Phi) is 9.04. The van der Waals surface area contributed by atoms with Crippen LogP contribution in [0.5, 0.6) is 0 Å². The number of hydrogen-bond acceptors (Lipinski definition) is 5. The van der Waals surface area contributed by atoms with Crippen molar-refractivity contribution >= 4 is 22.6 Å². The summed E-state index contributed by atoms with van der Waals surface area (Å²) < 4.78 is 11.1. The van der Waals surface area contributed by atoms with Crippen molar-refractivity contribution in [3.63, 3.8) is 0 Å². The van der Waals surface area contributed by atoms with Crippen LogP contribution in [0.1, 0.15) is 21.7 Å². The normalized spacial score (nSPS) is 13.8. The van der Waals surface area contributed by atoms with Gasteiger partial charge in [-0.25, -0.2) is 0 Å². The Bertz CT molecular complexity index is 1350. The number of hydrogen-bond donors (Lipinski definition) is 0. The Hall–Kier alpha value is -3.94. The van der Waals surface area contributed by atoms with Crippen molar-refractivity contribution in [1.29, 1.82) is 0 Å². The molecule has 7 heteroatoms. The Morgan fingerprint density at radius 3 is 2.36 bits per heavy atom. The van der Waals surface area contributed by atoms with Gasteiger partial charge in [0.15, 0.2) is 0 Å². The van der Waals surface area contributed by atoms with Crippen molar-refractivity contribution in [2.24, 2.45) is 0 Å². The van der Waals surface area contributed by atoms with E-state index in [-0.39, 0.29) is 18.4 Å². The lowest BCUT2D eigenvalue weighted by molar-refractivity contribution is -0.132. The number of nitrogens with zero attached hydrogens (tertiary/aromatic N) is 3. The van der Waals surface area contributed by atoms with E-state index in [4.69, 9.17) is 9.15 Å². The number of ether oxygens (including phenoxy) is 1. The highest BCUT2D eigenvalue weighted by molar-refractivity contribution is 6.07. The van der Waals surface area contributed by atoms with E-state index in [9.17, 15) is 9.59 Å². The molecule has 0 radical (unpaired) electrons. The number of rotatable bonds is 11. The minimum atomic E-state index is -0.130. The van der Waals surface area contributed by atoms with Gasteiger partial charge in [0.2, 0.25) is 5.91 Å². The number of carbonyl (C=O) groups is 2. The van der Waals surface area contributed by atoms with E-state index < -0.39 is 0 Å². The van der Waals surface area contributed by atoms with Gasteiger partial charge >= 0.3 is 0 Å². The second-order valence-electron chi connectivity index (χ2n) is 9.84. The number of morpholine rings is 1. The maximum absolute atomic E-state index is 14.0. The highest BCUT2D eigenvalue weighted by Gasteiger charge is 2.25. The van der Waals surface area contributed by atoms with E-state index in [1.807, 2.05) is 72.8 Å². The average molecular weight is 526 g/mol. The molecule has 1 aromatic heterocycles. The van der Waals surface area contributed by atoms with Crippen LogP contribution in [0.15, 0.2) is 95.6 Å². The van der Waals surface area contributed by atoms with Crippen molar-refractivity contribution < 1.29 is 18.7 Å². The van der Waals surface area contributed by atoms with E-state index in [1.165, 1.54) is 0 Å². The molecule has 5 rings (SSSR count). The van der Waals surface area contributed by atoms with E-state index in [1.54, 1.807) is 16.1 Å². The lowest BCUT2D eigenvalue weighted by Crippen LogP contribution is -2.47. The van der Waals surface area contributed by atoms with Crippen molar-refractivity contribution in [2.45, 2.75) is 13.0 Å². The van der Waals surface area contributed by atoms with Crippen molar-refractivity contribution in [2.75, 3.05) is 52.5 Å². The van der Waals surface area contributed by atoms with Crippen LogP contribution < -0.4 is 0 Å². The first kappa shape index (κ1) is 26.7. The fourth-order valence-electron chi connectivity index (χ4n) is 4.98. The molecule has 0 N–H and O–H groups in total. The molecule has 0 atom stereocenters. The third kappa shape index (κ3) is 7.13. The van der Waals surface area contributed by atoms with E-state index in [0.29, 0.717) is 45.0 Å². The quantitative estimate of drug-likeness (QED) is 0.289. The van der Waals surface area contributed by atoms with Gasteiger partial charge in [0.1, 0.15) is 12.3 Å². The summed E-state index contributed by atoms with van der Waals surface area (Å²) in [6.07, 6.45) is 2.34. The van der Waals surface area contributed by atoms with Crippen LogP contribution in [0.4, 0.5) is 0 Å². The largest absolute Gasteiger partial charge is 0.467 e. The van der Waals surface area contributed by atoms with Crippen LogP contribution >= 0.6 is 0 Å². The summed E-state index contributed by atoms with van der Waals surface area (Å²) in [4.78, 5) is 33.6. The van der Waals surface area contributed by atoms with Gasteiger partial charge in [-0.05, 0) is 41.0 Å². The molecule has 0 bridgehead atoms. The molecule has 39 heavy (non-hydrogen) atoms. The van der Waals surface area contributed by atoms with Crippen LogP contribution in [0.3, 0.4) is 0 Å². The molecule has 202 valence electrons. The maximum Gasteiger partial charge on any atom is 0.254 e. The Morgan fingerprint density at radius 1 is 0.795 bits per heavy atom. The van der Waals surface area contributed by atoms with E-state index >= 15 is 0 Å². The zero-order valence-electron chi connectivity index (χ0n) is 22.2. The van der Waals surface area contributed by atoms with Gasteiger partial charge in [-0.1, -0.05) is 66.7 Å². The Labute approximate surface area is 229 Å². The first-order valence-electron chi connectivity index (χ1n) is 13.6. The van der Waals surface area contributed by atoms with Gasteiger partial charge in [-0.3, -0.25) is 14.5 Å². The van der Waals surface area contributed by atoms with Crippen LogP contribution in [-0.4, -0.2) is 79.0 Å². The van der Waals surface area contributed by atoms with Gasteiger partial charge in [-0.2, -0.15) is 0 Å². The molecule has 0 unspecified atom stereocenters. The van der Waals surface area contributed by atoms with E-state index in [0.717, 1.165) is 41.6 Å². The standard InChI is InChI=1S/C32H35N3O4/c36-31(34(24-28-12-7-21-39-28)16-15-26-8-2-1-3-9-26)25-35(18-17-33-19-22-38-23-20-33)32(37)30-14-6-11-27-10-4-5-13-29(27)30/h1-14,21H,15-20,22-25H2. The summed E-state index contributed by atoms with van der Waals surface area (Å²) in [6.45, 7) is 5.07. The fraction of sp³-hybridized carbons (Fsp3) is 0.312. The minimum absolute atomic E-state index is 0.00188. The monoisotopic (exact) mass is 525 g/mol. The van der Waals surface area contributed by atoms with Crippen molar-refractivity contribution in [3.05, 3.63) is 108 Å². The highest BCUT2D eigenvalue weighted by Crippen LogP contribution is 2.20. The number of furan rings is 1. The molecular weight excluding hydrogens is 490 g/mol. The summed E-state index contributed by atoms with van der Waals surface area (Å²) in [5.74, 6) is 0.490. The molecule has 3 aromatic carbocycles. The Balaban J connectivity index is 1.36. The zero-order valence-corrected chi connectivity index (χ0v) is 22.2. The molecule has 0 aliphatic carbocycles. The molecule has 2 heterocycles. The molecule has 0 saturated carbocycles. The molecule has 7 nitrogen and oxygen atoms in total. The number of fused-ring (bicyclic) bond motifs is 1. The summed E-state index contributed by atoms with van der Waals surface area (Å²) in [5.41, 5.74) is 1.77. The minimum Gasteiger partial charge on any atom is -0.467 e. The topological polar surface area (TPSA) is 66.2 Å². The first-order valence-corrected chi connectivity index (χ1v) is 13.6. The van der Waals surface area contributed by atoms with Crippen LogP contribution in [0, 0.1) is 0 Å². The molecule has 1 aliphatic heterocycles. The second-order valence-corrected chi connectivity index (χ2v) is 9.84. The fourth-order valence-corrected chi connectivity index (χ4v) is 4.98. The first-order chi connectivity index (χ1) is 19.2. The second kappa shape index (κ2) is 13.2. The van der Waals surface area contributed by atoms with Gasteiger partial charge in [0.25, 0.3) is 5.91 Å². The molecule has 1 aliphatic rings. The number of amides is 2. The summed E-state index contributed by atoms with van der Waals surface area (Å²) >= 11 is 0. The summed E-state index contributed by atoms with van der Waals surface area (Å²) in [6, 6.07) is 27.5. The van der Waals surface area contributed by atoms with Gasteiger partial charge < -0.3 is 19.0 Å². The summed E-state index contributed by atoms with van der Waals surface area (Å²) in [7, 11) is 0. The molecule has 4 aromatic rings. The molecular formula is C32H35N3O4. The third-order valence-electron chi connectivity index (χ3n) is 7.22. The maximum atomic E-state index is 14.0. The predicted octanol–water partition coefficient (Wildman–Crippen LogP) is 4.48. The highest BCUT2D eigenvalue weighted by atomic mass is 16.5. The van der Waals surface area contributed by atoms with Gasteiger partial charge in [0.05, 0.1) is 26.0 Å². The van der Waals surface area contributed by atoms with Gasteiger partial charge in [-0.15, -0.1) is 0 Å². The SMILES string of the molecule is O=C(CN(CCN1CCOCC1)C(=O)c1cccc2ccccc12)N(CCc1ccccc1)Cc1ccco1. The van der Waals surface area contributed by atoms with E-state index in [2.05, 4.69) is 17.0 Å². The zero-order chi connectivity index (χ0) is 26.9.